The number of aryl methyl sites for hydroxylation is 1. The van der Waals surface area contributed by atoms with E-state index in [0.717, 1.165) is 16.2 Å². The molecule has 0 atom stereocenters. The lowest BCUT2D eigenvalue weighted by molar-refractivity contribution is -0.119. The second-order valence-corrected chi connectivity index (χ2v) is 11.8. The van der Waals surface area contributed by atoms with Crippen LogP contribution in [0.2, 0.25) is 0 Å². The molecule has 0 aromatic heterocycles. The first-order chi connectivity index (χ1) is 14.9. The monoisotopic (exact) mass is 478 g/mol. The zero-order valence-electron chi connectivity index (χ0n) is 18.0. The number of nitrogens with zero attached hydrogens (tertiary/aromatic N) is 1. The number of nitrogens with one attached hydrogen (secondary N) is 1. The molecule has 168 valence electrons. The second-order valence-electron chi connectivity index (χ2n) is 7.65. The number of carbonyl (C=O) groups excluding carboxylic acids is 1. The molecular formula is C23H30N2O3S3. The summed E-state index contributed by atoms with van der Waals surface area (Å²) in [7, 11) is -3.87. The number of carbonyl (C=O) groups is 1. The molecule has 1 N–H and O–H groups in total. The highest BCUT2D eigenvalue weighted by Gasteiger charge is 2.27. The Hall–Kier alpha value is -1.64. The molecule has 2 aromatic carbocycles. The molecule has 2 aromatic rings. The van der Waals surface area contributed by atoms with E-state index in [1.807, 2.05) is 37.1 Å². The lowest BCUT2D eigenvalue weighted by Crippen LogP contribution is -2.41. The van der Waals surface area contributed by atoms with Crippen LogP contribution in [0.4, 0.5) is 5.69 Å². The van der Waals surface area contributed by atoms with E-state index in [0.29, 0.717) is 17.5 Å². The third-order valence-corrected chi connectivity index (χ3v) is 9.25. The maximum atomic E-state index is 13.4. The van der Waals surface area contributed by atoms with E-state index in [4.69, 9.17) is 0 Å². The minimum Gasteiger partial charge on any atom is -0.354 e. The van der Waals surface area contributed by atoms with Gasteiger partial charge in [0.15, 0.2) is 0 Å². The van der Waals surface area contributed by atoms with Crippen LogP contribution >= 0.6 is 23.5 Å². The molecule has 0 bridgehead atoms. The molecule has 0 unspecified atom stereocenters. The molecule has 0 aliphatic heterocycles. The van der Waals surface area contributed by atoms with Gasteiger partial charge in [-0.05, 0) is 62.4 Å². The van der Waals surface area contributed by atoms with Gasteiger partial charge in [0, 0.05) is 22.4 Å². The SMILES string of the molecule is CSc1ccc(S(=O)(=O)N(CC(=O)NCCSC2CCCC2)c2ccc(C)cc2)cc1. The summed E-state index contributed by atoms with van der Waals surface area (Å²) in [6, 6.07) is 13.9. The zero-order chi connectivity index (χ0) is 22.3. The van der Waals surface area contributed by atoms with Gasteiger partial charge in [-0.3, -0.25) is 9.10 Å². The quantitative estimate of drug-likeness (QED) is 0.396. The summed E-state index contributed by atoms with van der Waals surface area (Å²) in [5.41, 5.74) is 1.51. The minimum atomic E-state index is -3.87. The third kappa shape index (κ3) is 6.67. The average molecular weight is 479 g/mol. The van der Waals surface area contributed by atoms with Crippen LogP contribution in [0.5, 0.6) is 0 Å². The Morgan fingerprint density at radius 3 is 2.32 bits per heavy atom. The molecule has 0 spiro atoms. The first-order valence-corrected chi connectivity index (χ1v) is 14.2. The van der Waals surface area contributed by atoms with Crippen LogP contribution in [-0.4, -0.2) is 44.7 Å². The first kappa shape index (κ1) is 24.0. The second kappa shape index (κ2) is 11.3. The number of amides is 1. The molecule has 31 heavy (non-hydrogen) atoms. The smallest absolute Gasteiger partial charge is 0.264 e. The molecule has 1 aliphatic carbocycles. The lowest BCUT2D eigenvalue weighted by Gasteiger charge is -2.24. The van der Waals surface area contributed by atoms with Gasteiger partial charge >= 0.3 is 0 Å². The van der Waals surface area contributed by atoms with Gasteiger partial charge in [0.05, 0.1) is 10.6 Å². The molecule has 1 saturated carbocycles. The molecule has 8 heteroatoms. The normalized spacial score (nSPS) is 14.5. The van der Waals surface area contributed by atoms with Crippen molar-refractivity contribution in [3.05, 3.63) is 54.1 Å². The Balaban J connectivity index is 1.71. The van der Waals surface area contributed by atoms with E-state index in [1.54, 1.807) is 48.2 Å². The van der Waals surface area contributed by atoms with Crippen molar-refractivity contribution in [2.75, 3.05) is 29.4 Å². The molecular weight excluding hydrogens is 448 g/mol. The standard InChI is InChI=1S/C23H30N2O3S3/c1-18-7-9-19(10-8-18)25(31(27,28)22-13-11-20(29-2)12-14-22)17-23(26)24-15-16-30-21-5-3-4-6-21/h7-14,21H,3-6,15-17H2,1-2H3,(H,24,26). The van der Waals surface area contributed by atoms with Crippen LogP contribution < -0.4 is 9.62 Å². The summed E-state index contributed by atoms with van der Waals surface area (Å²) >= 11 is 3.45. The Labute approximate surface area is 194 Å². The molecule has 3 rings (SSSR count). The predicted molar refractivity (Wildman–Crippen MR) is 132 cm³/mol. The lowest BCUT2D eigenvalue weighted by atomic mass is 10.2. The van der Waals surface area contributed by atoms with E-state index >= 15 is 0 Å². The summed E-state index contributed by atoms with van der Waals surface area (Å²) in [5, 5.41) is 3.59. The highest BCUT2D eigenvalue weighted by Crippen LogP contribution is 2.29. The van der Waals surface area contributed by atoms with E-state index in [2.05, 4.69) is 5.32 Å². The Morgan fingerprint density at radius 1 is 1.06 bits per heavy atom. The van der Waals surface area contributed by atoms with Crippen LogP contribution in [0.1, 0.15) is 31.2 Å². The van der Waals surface area contributed by atoms with Crippen LogP contribution in [0.3, 0.4) is 0 Å². The number of anilines is 1. The summed E-state index contributed by atoms with van der Waals surface area (Å²) in [6.07, 6.45) is 7.05. The number of hydrogen-bond acceptors (Lipinski definition) is 5. The van der Waals surface area contributed by atoms with Crippen LogP contribution in [-0.2, 0) is 14.8 Å². The van der Waals surface area contributed by atoms with Crippen LogP contribution in [0.15, 0.2) is 58.3 Å². The van der Waals surface area contributed by atoms with Crippen molar-refractivity contribution in [1.82, 2.24) is 5.32 Å². The van der Waals surface area contributed by atoms with Crippen molar-refractivity contribution in [1.29, 1.82) is 0 Å². The van der Waals surface area contributed by atoms with Crippen LogP contribution in [0.25, 0.3) is 0 Å². The highest BCUT2D eigenvalue weighted by atomic mass is 32.2. The molecule has 0 radical (unpaired) electrons. The Bertz CT molecular complexity index is 955. The average Bonchev–Trinajstić information content (AvgIpc) is 3.29. The van der Waals surface area contributed by atoms with Gasteiger partial charge in [0.2, 0.25) is 5.91 Å². The summed E-state index contributed by atoms with van der Waals surface area (Å²) in [6.45, 7) is 2.24. The van der Waals surface area contributed by atoms with Gasteiger partial charge in [0.1, 0.15) is 6.54 Å². The fourth-order valence-corrected chi connectivity index (χ4v) is 6.61. The van der Waals surface area contributed by atoms with Crippen molar-refractivity contribution in [2.45, 2.75) is 47.6 Å². The summed E-state index contributed by atoms with van der Waals surface area (Å²) in [4.78, 5) is 13.8. The van der Waals surface area contributed by atoms with Gasteiger partial charge < -0.3 is 5.32 Å². The highest BCUT2D eigenvalue weighted by molar-refractivity contribution is 8.00. The molecule has 1 fully saturated rings. The number of benzene rings is 2. The predicted octanol–water partition coefficient (Wildman–Crippen LogP) is 4.70. The molecule has 5 nitrogen and oxygen atoms in total. The van der Waals surface area contributed by atoms with Gasteiger partial charge in [-0.1, -0.05) is 30.5 Å². The van der Waals surface area contributed by atoms with Crippen molar-refractivity contribution >= 4 is 45.1 Å². The van der Waals surface area contributed by atoms with Crippen molar-refractivity contribution in [3.63, 3.8) is 0 Å². The maximum Gasteiger partial charge on any atom is 0.264 e. The van der Waals surface area contributed by atoms with Gasteiger partial charge in [0.25, 0.3) is 10.0 Å². The molecule has 0 saturated heterocycles. The van der Waals surface area contributed by atoms with E-state index in [9.17, 15) is 13.2 Å². The van der Waals surface area contributed by atoms with Gasteiger partial charge in [-0.25, -0.2) is 8.42 Å². The number of sulfonamides is 1. The number of rotatable bonds is 10. The fraction of sp³-hybridized carbons (Fsp3) is 0.435. The third-order valence-electron chi connectivity index (χ3n) is 5.34. The number of thioether (sulfide) groups is 2. The molecule has 0 heterocycles. The summed E-state index contributed by atoms with van der Waals surface area (Å²) < 4.78 is 28.0. The van der Waals surface area contributed by atoms with Crippen LogP contribution in [0, 0.1) is 6.92 Å². The van der Waals surface area contributed by atoms with Crippen molar-refractivity contribution in [3.8, 4) is 0 Å². The topological polar surface area (TPSA) is 66.5 Å². The summed E-state index contributed by atoms with van der Waals surface area (Å²) in [5.74, 6) is 0.556. The Kier molecular flexibility index (Phi) is 8.75. The van der Waals surface area contributed by atoms with Gasteiger partial charge in [-0.2, -0.15) is 11.8 Å². The Morgan fingerprint density at radius 2 is 1.71 bits per heavy atom. The maximum absolute atomic E-state index is 13.4. The minimum absolute atomic E-state index is 0.176. The van der Waals surface area contributed by atoms with E-state index < -0.39 is 10.0 Å². The van der Waals surface area contributed by atoms with Gasteiger partial charge in [-0.15, -0.1) is 11.8 Å². The first-order valence-electron chi connectivity index (χ1n) is 10.5. The van der Waals surface area contributed by atoms with Crippen molar-refractivity contribution in [2.24, 2.45) is 0 Å². The largest absolute Gasteiger partial charge is 0.354 e. The number of hydrogen-bond donors (Lipinski definition) is 1. The molecule has 1 aliphatic rings. The fourth-order valence-electron chi connectivity index (χ4n) is 3.56. The zero-order valence-corrected chi connectivity index (χ0v) is 20.5. The van der Waals surface area contributed by atoms with E-state index in [1.165, 1.54) is 30.0 Å². The van der Waals surface area contributed by atoms with E-state index in [-0.39, 0.29) is 17.3 Å². The molecule has 1 amide bonds. The van der Waals surface area contributed by atoms with Crippen molar-refractivity contribution < 1.29 is 13.2 Å².